The van der Waals surface area contributed by atoms with Crippen molar-refractivity contribution in [3.8, 4) is 40.2 Å². The maximum Gasteiger partial charge on any atom is 0.491 e. The first kappa shape index (κ1) is 80.3. The van der Waals surface area contributed by atoms with Gasteiger partial charge in [-0.15, -0.1) is 0 Å². The summed E-state index contributed by atoms with van der Waals surface area (Å²) in [5.41, 5.74) is 28.8. The van der Waals surface area contributed by atoms with Crippen LogP contribution in [0.4, 0.5) is 46.2 Å². The lowest BCUT2D eigenvalue weighted by atomic mass is 9.83. The van der Waals surface area contributed by atoms with Gasteiger partial charge in [-0.3, -0.25) is 28.1 Å². The second-order valence-corrected chi connectivity index (χ2v) is 24.5. The average Bonchev–Trinajstić information content (AvgIpc) is 0.768. The standard InChI is InChI=1S/C27H22N8O2.C22H17ClN6O.C17H15ClN2O.C5H7BN2O3.C5H3ClN4.CH4/c1-16(34-25-23(29-2)24(28)32-15-33-25)21-12-17-8-7-11-20(18-13-30-27(37-3)31-14-18)22(17)26(36)35(21)19-9-5-4-6-10-19;1-13(28-21-19(25-2)20(24)26-12-27-21)17-11-14-7-6-10-16(23)18(14)22(30)29(17)15-8-4-3-5-9-15;1-11(19)15-10-12-6-5-9-14(18)16(12)17(21)20(15)13-7-3-2-4-8-13;1-11-5-7-2-4(3-8-5)6(9)10;1-8-3-4(6)9-2-10-5(3)7;/h4-16H,1,3H3,(H3,28,32,33,34);3-13H,1H3,(H3,24,26,27,28);2-11H,19H2,1H3;2-3,9-10H,1H3;2H,(H2,7,9,10);1H4/t16-;13-;11-;;;/m000.../s1. The highest BCUT2D eigenvalue weighted by Gasteiger charge is 2.24. The van der Waals surface area contributed by atoms with Crippen LogP contribution in [0.3, 0.4) is 0 Å². The molecule has 14 aromatic rings. The first-order chi connectivity index (χ1) is 52.6. The summed E-state index contributed by atoms with van der Waals surface area (Å²) in [5.74, 6) is 0.912. The molecular formula is C77H68BCl3N22O7. The third-order valence-corrected chi connectivity index (χ3v) is 17.2. The van der Waals surface area contributed by atoms with Crippen LogP contribution in [0.5, 0.6) is 12.0 Å². The zero-order valence-corrected chi connectivity index (χ0v) is 60.7. The number of fused-ring (bicyclic) bond motifs is 3. The van der Waals surface area contributed by atoms with Crippen LogP contribution >= 0.6 is 34.8 Å². The van der Waals surface area contributed by atoms with Gasteiger partial charge in [-0.2, -0.15) is 0 Å². The normalized spacial score (nSPS) is 11.2. The molecule has 0 spiro atoms. The van der Waals surface area contributed by atoms with Gasteiger partial charge in [0.25, 0.3) is 33.7 Å². The quantitative estimate of drug-likeness (QED) is 0.0285. The molecule has 110 heavy (non-hydrogen) atoms. The fourth-order valence-electron chi connectivity index (χ4n) is 11.2. The van der Waals surface area contributed by atoms with Crippen molar-refractivity contribution < 1.29 is 19.5 Å². The molecule has 0 bridgehead atoms. The van der Waals surface area contributed by atoms with Crippen LogP contribution in [0.1, 0.15) is 63.4 Å². The number of nitrogen functional groups attached to an aromatic ring is 3. The Hall–Kier alpha value is -13.8. The zero-order chi connectivity index (χ0) is 78.0. The van der Waals surface area contributed by atoms with Crippen molar-refractivity contribution in [3.63, 3.8) is 0 Å². The SMILES string of the molecule is C.COc1ncc(B(O)O)cn1.C[C@H](N)c1cc2cccc(Cl)c2c(=O)n1-c1ccccc1.[C-]#[N+]c1c(N)ncnc1Cl.[C-]#[N+]c1c(N)ncnc1N[C@@H](C)c1cc2cccc(-c3cnc(OC)nc3)c2c(=O)n1-c1ccccc1.[C-]#[N+]c1c(N)ncnc1N[C@@H](C)c1cc2cccc(Cl)c2c(=O)n1-c1ccccc1. The number of para-hydroxylation sites is 3. The molecule has 8 heterocycles. The molecule has 29 nitrogen and oxygen atoms in total. The Bertz CT molecular complexity index is 5920. The van der Waals surface area contributed by atoms with Gasteiger partial charge in [-0.25, -0.2) is 64.4 Å². The van der Waals surface area contributed by atoms with E-state index in [4.69, 9.17) is 92.2 Å². The summed E-state index contributed by atoms with van der Waals surface area (Å²) in [6.45, 7) is 27.1. The predicted octanol–water partition coefficient (Wildman–Crippen LogP) is 13.0. The van der Waals surface area contributed by atoms with Crippen molar-refractivity contribution in [1.29, 1.82) is 0 Å². The molecule has 0 amide bonds. The van der Waals surface area contributed by atoms with Crippen LogP contribution < -0.4 is 65.2 Å². The Kier molecular flexibility index (Phi) is 27.0. The highest BCUT2D eigenvalue weighted by Crippen LogP contribution is 2.36. The summed E-state index contributed by atoms with van der Waals surface area (Å²) in [7, 11) is 1.41. The summed E-state index contributed by atoms with van der Waals surface area (Å²) in [6, 6.07) is 49.8. The minimum atomic E-state index is -1.53. The second kappa shape index (κ2) is 37.0. The predicted molar refractivity (Wildman–Crippen MR) is 431 cm³/mol. The van der Waals surface area contributed by atoms with Crippen molar-refractivity contribution in [2.45, 2.75) is 46.3 Å². The highest BCUT2D eigenvalue weighted by molar-refractivity contribution is 6.58. The number of hydrogen-bond acceptors (Lipinski definition) is 23. The van der Waals surface area contributed by atoms with Gasteiger partial charge in [0.1, 0.15) is 53.2 Å². The van der Waals surface area contributed by atoms with E-state index in [1.165, 1.54) is 45.6 Å². The van der Waals surface area contributed by atoms with E-state index < -0.39 is 13.2 Å². The summed E-state index contributed by atoms with van der Waals surface area (Å²) in [4.78, 5) is 89.5. The number of halogens is 3. The smallest absolute Gasteiger partial charge is 0.467 e. The van der Waals surface area contributed by atoms with Crippen LogP contribution in [0, 0.1) is 19.7 Å². The summed E-state index contributed by atoms with van der Waals surface area (Å²) >= 11 is 18.0. The average molecular weight is 1530 g/mol. The third-order valence-electron chi connectivity index (χ3n) is 16.3. The van der Waals surface area contributed by atoms with E-state index >= 15 is 0 Å². The van der Waals surface area contributed by atoms with Gasteiger partial charge < -0.3 is 53.1 Å². The number of benzene rings is 6. The van der Waals surface area contributed by atoms with Crippen molar-refractivity contribution in [3.05, 3.63) is 305 Å². The monoisotopic (exact) mass is 1530 g/mol. The van der Waals surface area contributed by atoms with E-state index in [9.17, 15) is 14.4 Å². The molecule has 0 unspecified atom stereocenters. The van der Waals surface area contributed by atoms with Gasteiger partial charge in [-0.05, 0) is 109 Å². The van der Waals surface area contributed by atoms with Gasteiger partial charge in [0.05, 0.1) is 72.2 Å². The second-order valence-electron chi connectivity index (χ2n) is 23.3. The lowest BCUT2D eigenvalue weighted by molar-refractivity contribution is 0.379. The first-order valence-electron chi connectivity index (χ1n) is 32.6. The number of ether oxygens (including phenoxy) is 2. The molecule has 3 atom stereocenters. The number of nitrogens with zero attached hydrogens (tertiary/aromatic N) is 16. The maximum atomic E-state index is 14.2. The van der Waals surface area contributed by atoms with Gasteiger partial charge >= 0.3 is 19.1 Å². The van der Waals surface area contributed by atoms with Crippen molar-refractivity contribution in [2.75, 3.05) is 42.1 Å². The molecule has 0 aliphatic heterocycles. The molecule has 33 heteroatoms. The van der Waals surface area contributed by atoms with Gasteiger partial charge in [-0.1, -0.05) is 139 Å². The summed E-state index contributed by atoms with van der Waals surface area (Å²) in [6.07, 6.45) is 9.66. The summed E-state index contributed by atoms with van der Waals surface area (Å²) < 4.78 is 14.7. The van der Waals surface area contributed by atoms with Crippen molar-refractivity contribution in [1.82, 2.24) is 63.5 Å². The number of nitrogens with two attached hydrogens (primary N) is 4. The number of hydrogen-bond donors (Lipinski definition) is 8. The molecule has 0 saturated carbocycles. The van der Waals surface area contributed by atoms with Crippen molar-refractivity contribution >= 4 is 126 Å². The minimum absolute atomic E-state index is 0. The van der Waals surface area contributed by atoms with Crippen LogP contribution in [0.15, 0.2) is 222 Å². The molecule has 6 aromatic carbocycles. The van der Waals surface area contributed by atoms with E-state index in [1.807, 2.05) is 166 Å². The van der Waals surface area contributed by atoms with Crippen LogP contribution in [0.2, 0.25) is 15.2 Å². The Morgan fingerprint density at radius 1 is 0.464 bits per heavy atom. The number of methoxy groups -OCH3 is 2. The number of anilines is 5. The Labute approximate surface area is 644 Å². The molecular weight excluding hydrogens is 1460 g/mol. The van der Waals surface area contributed by atoms with Crippen LogP contribution in [0.25, 0.3) is 75.0 Å². The lowest BCUT2D eigenvalue weighted by Crippen LogP contribution is -2.30. The lowest BCUT2D eigenvalue weighted by Gasteiger charge is -2.22. The first-order valence-corrected chi connectivity index (χ1v) is 33.7. The van der Waals surface area contributed by atoms with Crippen LogP contribution in [-0.2, 0) is 0 Å². The highest BCUT2D eigenvalue weighted by atomic mass is 35.5. The molecule has 552 valence electrons. The van der Waals surface area contributed by atoms with E-state index in [-0.39, 0.29) is 93.3 Å². The van der Waals surface area contributed by atoms with Crippen molar-refractivity contribution in [2.24, 2.45) is 5.73 Å². The van der Waals surface area contributed by atoms with E-state index in [2.05, 4.69) is 79.7 Å². The number of aromatic nitrogens is 13. The Balaban J connectivity index is 0.000000170. The van der Waals surface area contributed by atoms with Gasteiger partial charge in [0, 0.05) is 76.0 Å². The molecule has 14 rings (SSSR count). The number of pyridine rings is 3. The fraction of sp³-hybridized carbons (Fsp3) is 0.117. The third kappa shape index (κ3) is 18.2. The number of nitrogens with one attached hydrogen (secondary N) is 2. The Morgan fingerprint density at radius 3 is 1.19 bits per heavy atom. The zero-order valence-electron chi connectivity index (χ0n) is 58.5. The molecule has 0 radical (unpaired) electrons. The van der Waals surface area contributed by atoms with Gasteiger partial charge in [0.2, 0.25) is 0 Å². The topological polar surface area (TPSA) is 395 Å². The number of rotatable bonds is 14. The molecule has 0 aliphatic rings. The van der Waals surface area contributed by atoms with Crippen LogP contribution in [-0.4, -0.2) is 94.9 Å². The van der Waals surface area contributed by atoms with E-state index in [0.29, 0.717) is 71.7 Å². The minimum Gasteiger partial charge on any atom is -0.467 e. The Morgan fingerprint density at radius 2 is 0.818 bits per heavy atom. The molecule has 0 saturated heterocycles. The molecule has 12 N–H and O–H groups in total. The van der Waals surface area contributed by atoms with E-state index in [1.54, 1.807) is 44.3 Å². The maximum absolute atomic E-state index is 14.2. The molecule has 8 aromatic heterocycles. The molecule has 0 aliphatic carbocycles. The van der Waals surface area contributed by atoms with E-state index in [0.717, 1.165) is 27.5 Å². The largest absolute Gasteiger partial charge is 0.491 e. The fourth-order valence-corrected chi connectivity index (χ4v) is 11.9. The summed E-state index contributed by atoms with van der Waals surface area (Å²) in [5, 5.41) is 28.4. The molecule has 0 fully saturated rings. The van der Waals surface area contributed by atoms with Gasteiger partial charge in [0.15, 0.2) is 0 Å².